The van der Waals surface area contributed by atoms with Crippen molar-refractivity contribution in [1.82, 2.24) is 10.0 Å². The molecule has 102 valence electrons. The summed E-state index contributed by atoms with van der Waals surface area (Å²) in [5.74, 6) is 0. The van der Waals surface area contributed by atoms with Crippen LogP contribution in [0.4, 0.5) is 0 Å². The monoisotopic (exact) mass is 310 g/mol. The number of hydrogen-bond donors (Lipinski definition) is 2. The summed E-state index contributed by atoms with van der Waals surface area (Å²) in [5.41, 5.74) is 0. The number of benzene rings is 1. The van der Waals surface area contributed by atoms with E-state index >= 15 is 0 Å². The van der Waals surface area contributed by atoms with E-state index in [1.165, 1.54) is 12.1 Å². The first kappa shape index (κ1) is 15.7. The number of nitrogens with one attached hydrogen (secondary N) is 2. The van der Waals surface area contributed by atoms with E-state index in [0.29, 0.717) is 18.0 Å². The van der Waals surface area contributed by atoms with Gasteiger partial charge in [-0.3, -0.25) is 0 Å². The normalized spacial score (nSPS) is 11.7. The highest BCUT2D eigenvalue weighted by Crippen LogP contribution is 2.24. The molecule has 1 aromatic rings. The summed E-state index contributed by atoms with van der Waals surface area (Å²) in [6.07, 6.45) is 0.714. The zero-order chi connectivity index (χ0) is 13.6. The minimum absolute atomic E-state index is 0.0140. The fourth-order valence-electron chi connectivity index (χ4n) is 1.36. The van der Waals surface area contributed by atoms with Gasteiger partial charge in [0.2, 0.25) is 10.0 Å². The zero-order valence-corrected chi connectivity index (χ0v) is 12.4. The summed E-state index contributed by atoms with van der Waals surface area (Å²) in [5, 5.41) is 3.62. The molecule has 0 atom stereocenters. The van der Waals surface area contributed by atoms with E-state index in [2.05, 4.69) is 10.0 Å². The van der Waals surface area contributed by atoms with Crippen LogP contribution in [0.1, 0.15) is 13.3 Å². The Kier molecular flexibility index (Phi) is 6.38. The van der Waals surface area contributed by atoms with Crippen molar-refractivity contribution in [2.45, 2.75) is 18.2 Å². The maximum atomic E-state index is 12.0. The Morgan fingerprint density at radius 2 is 1.94 bits per heavy atom. The smallest absolute Gasteiger partial charge is 0.242 e. The fourth-order valence-corrected chi connectivity index (χ4v) is 3.19. The molecule has 0 saturated carbocycles. The number of hydrogen-bond acceptors (Lipinski definition) is 3. The average molecular weight is 311 g/mol. The third-order valence-electron chi connectivity index (χ3n) is 2.26. The zero-order valence-electron chi connectivity index (χ0n) is 10.0. The first-order valence-electron chi connectivity index (χ1n) is 5.63. The molecule has 0 aliphatic rings. The summed E-state index contributed by atoms with van der Waals surface area (Å²) < 4.78 is 26.4. The van der Waals surface area contributed by atoms with Gasteiger partial charge < -0.3 is 5.32 Å². The molecule has 0 radical (unpaired) electrons. The molecule has 7 heteroatoms. The fraction of sp³-hybridized carbons (Fsp3) is 0.455. The molecule has 1 aromatic carbocycles. The largest absolute Gasteiger partial charge is 0.317 e. The van der Waals surface area contributed by atoms with Crippen LogP contribution in [0, 0.1) is 0 Å². The Balaban J connectivity index is 2.66. The lowest BCUT2D eigenvalue weighted by Crippen LogP contribution is -2.27. The maximum Gasteiger partial charge on any atom is 0.242 e. The molecule has 0 bridgehead atoms. The number of sulfonamides is 1. The molecular formula is C11H16Cl2N2O2S. The second-order valence-electron chi connectivity index (χ2n) is 3.68. The van der Waals surface area contributed by atoms with Gasteiger partial charge in [0.25, 0.3) is 0 Å². The molecule has 1 rings (SSSR count). The Morgan fingerprint density at radius 3 is 2.61 bits per heavy atom. The Morgan fingerprint density at radius 1 is 1.22 bits per heavy atom. The molecule has 0 amide bonds. The van der Waals surface area contributed by atoms with Crippen LogP contribution in [0.25, 0.3) is 0 Å². The molecule has 0 fully saturated rings. The van der Waals surface area contributed by atoms with Gasteiger partial charge in [0, 0.05) is 11.6 Å². The second kappa shape index (κ2) is 7.31. The van der Waals surface area contributed by atoms with E-state index in [-0.39, 0.29) is 9.92 Å². The van der Waals surface area contributed by atoms with E-state index in [1.54, 1.807) is 6.07 Å². The molecule has 2 N–H and O–H groups in total. The Bertz CT molecular complexity index is 492. The van der Waals surface area contributed by atoms with Crippen LogP contribution in [0.15, 0.2) is 23.1 Å². The molecule has 0 aliphatic carbocycles. The van der Waals surface area contributed by atoms with Gasteiger partial charge in [-0.15, -0.1) is 0 Å². The van der Waals surface area contributed by atoms with Crippen molar-refractivity contribution in [2.24, 2.45) is 0 Å². The lowest BCUT2D eigenvalue weighted by atomic mass is 10.4. The molecule has 0 saturated heterocycles. The molecule has 0 spiro atoms. The van der Waals surface area contributed by atoms with Crippen molar-refractivity contribution >= 4 is 33.2 Å². The lowest BCUT2D eigenvalue weighted by Gasteiger charge is -2.08. The van der Waals surface area contributed by atoms with Gasteiger partial charge in [0.1, 0.15) is 4.90 Å². The average Bonchev–Trinajstić information content (AvgIpc) is 2.32. The van der Waals surface area contributed by atoms with Crippen molar-refractivity contribution in [1.29, 1.82) is 0 Å². The summed E-state index contributed by atoms with van der Waals surface area (Å²) in [6, 6.07) is 4.36. The van der Waals surface area contributed by atoms with Crippen molar-refractivity contribution in [3.05, 3.63) is 28.2 Å². The van der Waals surface area contributed by atoms with Crippen molar-refractivity contribution < 1.29 is 8.42 Å². The molecule has 0 heterocycles. The van der Waals surface area contributed by atoms with Gasteiger partial charge in [-0.05, 0) is 37.7 Å². The third-order valence-corrected chi connectivity index (χ3v) is 4.43. The Labute approximate surface area is 118 Å². The molecule has 18 heavy (non-hydrogen) atoms. The van der Waals surface area contributed by atoms with Gasteiger partial charge in [-0.2, -0.15) is 0 Å². The van der Waals surface area contributed by atoms with Gasteiger partial charge in [0.15, 0.2) is 0 Å². The van der Waals surface area contributed by atoms with E-state index in [0.717, 1.165) is 13.1 Å². The SMILES string of the molecule is CCNCCCNS(=O)(=O)c1cc(Cl)ccc1Cl. The van der Waals surface area contributed by atoms with Crippen molar-refractivity contribution in [3.63, 3.8) is 0 Å². The summed E-state index contributed by atoms with van der Waals surface area (Å²) in [7, 11) is -3.59. The minimum Gasteiger partial charge on any atom is -0.317 e. The molecular weight excluding hydrogens is 295 g/mol. The topological polar surface area (TPSA) is 58.2 Å². The van der Waals surface area contributed by atoms with Crippen LogP contribution < -0.4 is 10.0 Å². The standard InChI is InChI=1S/C11H16Cl2N2O2S/c1-2-14-6-3-7-15-18(16,17)11-8-9(12)4-5-10(11)13/h4-5,8,14-15H,2-3,6-7H2,1H3. The molecule has 0 unspecified atom stereocenters. The van der Waals surface area contributed by atoms with Crippen LogP contribution in [-0.4, -0.2) is 28.1 Å². The van der Waals surface area contributed by atoms with Gasteiger partial charge in [-0.25, -0.2) is 13.1 Å². The highest BCUT2D eigenvalue weighted by molar-refractivity contribution is 7.89. The predicted molar refractivity (Wildman–Crippen MR) is 74.8 cm³/mol. The van der Waals surface area contributed by atoms with Crippen LogP contribution in [0.5, 0.6) is 0 Å². The van der Waals surface area contributed by atoms with Crippen molar-refractivity contribution in [3.8, 4) is 0 Å². The van der Waals surface area contributed by atoms with E-state index in [1.807, 2.05) is 6.92 Å². The van der Waals surface area contributed by atoms with Crippen LogP contribution in [0.2, 0.25) is 10.0 Å². The third kappa shape index (κ3) is 4.74. The van der Waals surface area contributed by atoms with Gasteiger partial charge in [-0.1, -0.05) is 30.1 Å². The van der Waals surface area contributed by atoms with Gasteiger partial charge >= 0.3 is 0 Å². The second-order valence-corrected chi connectivity index (χ2v) is 6.26. The lowest BCUT2D eigenvalue weighted by molar-refractivity contribution is 0.575. The highest BCUT2D eigenvalue weighted by atomic mass is 35.5. The van der Waals surface area contributed by atoms with Gasteiger partial charge in [0.05, 0.1) is 5.02 Å². The highest BCUT2D eigenvalue weighted by Gasteiger charge is 2.17. The molecule has 0 aliphatic heterocycles. The number of rotatable bonds is 7. The number of halogens is 2. The predicted octanol–water partition coefficient (Wildman–Crippen LogP) is 2.27. The Hall–Kier alpha value is -0.330. The summed E-state index contributed by atoms with van der Waals surface area (Å²) >= 11 is 11.6. The first-order chi connectivity index (χ1) is 8.47. The van der Waals surface area contributed by atoms with Crippen LogP contribution in [-0.2, 0) is 10.0 Å². The van der Waals surface area contributed by atoms with E-state index in [4.69, 9.17) is 23.2 Å². The molecule has 0 aromatic heterocycles. The minimum atomic E-state index is -3.59. The van der Waals surface area contributed by atoms with E-state index in [9.17, 15) is 8.42 Å². The maximum absolute atomic E-state index is 12.0. The van der Waals surface area contributed by atoms with E-state index < -0.39 is 10.0 Å². The first-order valence-corrected chi connectivity index (χ1v) is 7.86. The molecule has 4 nitrogen and oxygen atoms in total. The van der Waals surface area contributed by atoms with Crippen LogP contribution >= 0.6 is 23.2 Å². The van der Waals surface area contributed by atoms with Crippen molar-refractivity contribution in [2.75, 3.05) is 19.6 Å². The summed E-state index contributed by atoms with van der Waals surface area (Å²) in [6.45, 7) is 3.99. The van der Waals surface area contributed by atoms with Crippen LogP contribution in [0.3, 0.4) is 0 Å². The quantitative estimate of drug-likeness (QED) is 0.760. The summed E-state index contributed by atoms with van der Waals surface area (Å²) in [4.78, 5) is 0.0140.